The highest BCUT2D eigenvalue weighted by molar-refractivity contribution is 5.12. The van der Waals surface area contributed by atoms with Crippen molar-refractivity contribution in [2.24, 2.45) is 16.7 Å². The molecule has 110 valence electrons. The number of ether oxygens (including phenoxy) is 1. The van der Waals surface area contributed by atoms with Crippen molar-refractivity contribution in [1.29, 1.82) is 0 Å². The van der Waals surface area contributed by atoms with Gasteiger partial charge in [0.05, 0.1) is 12.7 Å². The lowest BCUT2D eigenvalue weighted by Crippen LogP contribution is -2.45. The fraction of sp³-hybridized carbons (Fsp3) is 1.00. The van der Waals surface area contributed by atoms with Crippen molar-refractivity contribution in [2.45, 2.75) is 77.9 Å². The van der Waals surface area contributed by atoms with Crippen LogP contribution in [-0.4, -0.2) is 25.3 Å². The second-order valence-electron chi connectivity index (χ2n) is 7.89. The molecule has 0 aliphatic heterocycles. The summed E-state index contributed by atoms with van der Waals surface area (Å²) < 4.78 is 5.97. The Bertz CT molecular complexity index is 321. The van der Waals surface area contributed by atoms with E-state index in [1.807, 2.05) is 0 Å². The van der Waals surface area contributed by atoms with Crippen molar-refractivity contribution in [3.63, 3.8) is 0 Å². The molecule has 2 heteroatoms. The number of fused-ring (bicyclic) bond motifs is 2. The van der Waals surface area contributed by atoms with E-state index in [4.69, 9.17) is 4.74 Å². The molecule has 3 saturated carbocycles. The van der Waals surface area contributed by atoms with Crippen LogP contribution in [0.25, 0.3) is 0 Å². The molecular weight excluding hydrogens is 234 g/mol. The van der Waals surface area contributed by atoms with E-state index in [1.54, 1.807) is 0 Å². The molecule has 0 saturated heterocycles. The number of nitrogens with one attached hydrogen (secondary N) is 1. The van der Waals surface area contributed by atoms with Gasteiger partial charge in [-0.1, -0.05) is 33.6 Å². The lowest BCUT2D eigenvalue weighted by Gasteiger charge is -2.39. The molecule has 0 aromatic heterocycles. The zero-order chi connectivity index (χ0) is 13.5. The zero-order valence-electron chi connectivity index (χ0n) is 13.0. The Morgan fingerprint density at radius 3 is 2.42 bits per heavy atom. The van der Waals surface area contributed by atoms with Gasteiger partial charge in [-0.15, -0.1) is 0 Å². The van der Waals surface area contributed by atoms with Gasteiger partial charge >= 0.3 is 0 Å². The first kappa shape index (κ1) is 13.9. The van der Waals surface area contributed by atoms with Crippen molar-refractivity contribution >= 4 is 0 Å². The third-order valence-electron chi connectivity index (χ3n) is 6.94. The van der Waals surface area contributed by atoms with Gasteiger partial charge in [0.25, 0.3) is 0 Å². The molecule has 2 bridgehead atoms. The standard InChI is InChI=1S/C17H31NO/c1-16(2)13-8-9-17(16,3)15(12-13)18-10-11-19-14-6-4-5-7-14/h13-15,18H,4-12H2,1-3H3. The van der Waals surface area contributed by atoms with Crippen LogP contribution in [0.2, 0.25) is 0 Å². The first-order valence-corrected chi connectivity index (χ1v) is 8.39. The predicted octanol–water partition coefficient (Wildman–Crippen LogP) is 3.75. The lowest BCUT2D eigenvalue weighted by molar-refractivity contribution is 0.0530. The molecule has 3 aliphatic carbocycles. The van der Waals surface area contributed by atoms with Gasteiger partial charge in [0.15, 0.2) is 0 Å². The summed E-state index contributed by atoms with van der Waals surface area (Å²) in [5.74, 6) is 0.936. The average molecular weight is 265 g/mol. The summed E-state index contributed by atoms with van der Waals surface area (Å²) in [6, 6.07) is 0.716. The summed E-state index contributed by atoms with van der Waals surface area (Å²) in [7, 11) is 0. The highest BCUT2D eigenvalue weighted by atomic mass is 16.5. The molecule has 0 aromatic rings. The Labute approximate surface area is 118 Å². The number of hydrogen-bond donors (Lipinski definition) is 1. The number of hydrogen-bond acceptors (Lipinski definition) is 2. The van der Waals surface area contributed by atoms with Gasteiger partial charge in [-0.05, 0) is 48.9 Å². The molecule has 0 heterocycles. The molecule has 3 unspecified atom stereocenters. The largest absolute Gasteiger partial charge is 0.377 e. The van der Waals surface area contributed by atoms with Crippen LogP contribution in [0.1, 0.15) is 65.7 Å². The Morgan fingerprint density at radius 2 is 1.84 bits per heavy atom. The third kappa shape index (κ3) is 2.25. The van der Waals surface area contributed by atoms with E-state index in [0.717, 1.165) is 19.1 Å². The topological polar surface area (TPSA) is 21.3 Å². The van der Waals surface area contributed by atoms with Crippen molar-refractivity contribution in [3.05, 3.63) is 0 Å². The van der Waals surface area contributed by atoms with Crippen LogP contribution in [0.5, 0.6) is 0 Å². The van der Waals surface area contributed by atoms with Gasteiger partial charge < -0.3 is 10.1 Å². The van der Waals surface area contributed by atoms with E-state index in [0.29, 0.717) is 23.0 Å². The third-order valence-corrected chi connectivity index (χ3v) is 6.94. The Morgan fingerprint density at radius 1 is 1.11 bits per heavy atom. The SMILES string of the molecule is CC1(C)C2CCC1(C)C(NCCOC1CCCC1)C2. The van der Waals surface area contributed by atoms with Gasteiger partial charge in [0.1, 0.15) is 0 Å². The highest BCUT2D eigenvalue weighted by Gasteiger charge is 2.60. The minimum atomic E-state index is 0.505. The molecule has 3 fully saturated rings. The van der Waals surface area contributed by atoms with E-state index >= 15 is 0 Å². The minimum Gasteiger partial charge on any atom is -0.377 e. The average Bonchev–Trinajstić information content (AvgIpc) is 3.00. The quantitative estimate of drug-likeness (QED) is 0.764. The maximum atomic E-state index is 5.97. The van der Waals surface area contributed by atoms with Crippen LogP contribution in [0.3, 0.4) is 0 Å². The van der Waals surface area contributed by atoms with Crippen LogP contribution in [-0.2, 0) is 4.74 Å². The van der Waals surface area contributed by atoms with Crippen LogP contribution in [0.4, 0.5) is 0 Å². The van der Waals surface area contributed by atoms with Crippen molar-refractivity contribution in [2.75, 3.05) is 13.2 Å². The Balaban J connectivity index is 1.44. The van der Waals surface area contributed by atoms with Gasteiger partial charge in [-0.2, -0.15) is 0 Å². The molecule has 1 N–H and O–H groups in total. The van der Waals surface area contributed by atoms with Gasteiger partial charge in [0, 0.05) is 12.6 Å². The predicted molar refractivity (Wildman–Crippen MR) is 79.2 cm³/mol. The summed E-state index contributed by atoms with van der Waals surface area (Å²) in [4.78, 5) is 0. The smallest absolute Gasteiger partial charge is 0.0594 e. The molecule has 0 aromatic carbocycles. The van der Waals surface area contributed by atoms with Gasteiger partial charge in [-0.25, -0.2) is 0 Å². The second kappa shape index (κ2) is 5.04. The summed E-state index contributed by atoms with van der Waals surface area (Å²) in [5.41, 5.74) is 1.03. The van der Waals surface area contributed by atoms with Crippen LogP contribution >= 0.6 is 0 Å². The van der Waals surface area contributed by atoms with Crippen LogP contribution < -0.4 is 5.32 Å². The fourth-order valence-corrected chi connectivity index (χ4v) is 5.03. The zero-order valence-corrected chi connectivity index (χ0v) is 13.0. The summed E-state index contributed by atoms with van der Waals surface area (Å²) in [6.45, 7) is 9.43. The molecule has 2 nitrogen and oxygen atoms in total. The van der Waals surface area contributed by atoms with Crippen molar-refractivity contribution in [3.8, 4) is 0 Å². The van der Waals surface area contributed by atoms with Gasteiger partial charge in [-0.3, -0.25) is 0 Å². The van der Waals surface area contributed by atoms with Gasteiger partial charge in [0.2, 0.25) is 0 Å². The first-order valence-electron chi connectivity index (χ1n) is 8.39. The normalized spacial score (nSPS) is 41.2. The summed E-state index contributed by atoms with van der Waals surface area (Å²) in [6.07, 6.45) is 10.1. The van der Waals surface area contributed by atoms with Crippen molar-refractivity contribution in [1.82, 2.24) is 5.32 Å². The molecule has 0 amide bonds. The van der Waals surface area contributed by atoms with E-state index in [1.165, 1.54) is 44.9 Å². The molecule has 19 heavy (non-hydrogen) atoms. The minimum absolute atomic E-state index is 0.505. The summed E-state index contributed by atoms with van der Waals surface area (Å²) >= 11 is 0. The van der Waals surface area contributed by atoms with E-state index < -0.39 is 0 Å². The molecule has 3 atom stereocenters. The molecular formula is C17H31NO. The maximum Gasteiger partial charge on any atom is 0.0594 e. The fourth-order valence-electron chi connectivity index (χ4n) is 5.03. The maximum absolute atomic E-state index is 5.97. The van der Waals surface area contributed by atoms with Crippen LogP contribution in [0.15, 0.2) is 0 Å². The lowest BCUT2D eigenvalue weighted by atomic mass is 9.69. The molecule has 3 aliphatic rings. The summed E-state index contributed by atoms with van der Waals surface area (Å²) in [5, 5.41) is 3.81. The number of rotatable bonds is 5. The van der Waals surface area contributed by atoms with Crippen molar-refractivity contribution < 1.29 is 4.74 Å². The van der Waals surface area contributed by atoms with E-state index in [-0.39, 0.29) is 0 Å². The molecule has 0 radical (unpaired) electrons. The molecule has 0 spiro atoms. The Hall–Kier alpha value is -0.0800. The van der Waals surface area contributed by atoms with E-state index in [2.05, 4.69) is 26.1 Å². The second-order valence-corrected chi connectivity index (χ2v) is 7.89. The van der Waals surface area contributed by atoms with Crippen LogP contribution in [0, 0.1) is 16.7 Å². The molecule has 3 rings (SSSR count). The first-order chi connectivity index (χ1) is 9.04. The highest BCUT2D eigenvalue weighted by Crippen LogP contribution is 2.65. The van der Waals surface area contributed by atoms with E-state index in [9.17, 15) is 0 Å². The monoisotopic (exact) mass is 265 g/mol. The Kier molecular flexibility index (Phi) is 3.68.